The SMILES string of the molecule is CCOCCCN(CCCN)C1CCCCCC1. The average molecular weight is 256 g/mol. The summed E-state index contributed by atoms with van der Waals surface area (Å²) >= 11 is 0. The van der Waals surface area contributed by atoms with Crippen molar-refractivity contribution in [3.63, 3.8) is 0 Å². The molecule has 0 radical (unpaired) electrons. The summed E-state index contributed by atoms with van der Waals surface area (Å²) in [6.07, 6.45) is 10.8. The fourth-order valence-corrected chi connectivity index (χ4v) is 2.91. The highest BCUT2D eigenvalue weighted by Gasteiger charge is 2.19. The van der Waals surface area contributed by atoms with Gasteiger partial charge in [0.15, 0.2) is 0 Å². The molecule has 0 aromatic carbocycles. The third-order valence-corrected chi connectivity index (χ3v) is 3.93. The molecular formula is C15H32N2O. The molecule has 0 atom stereocenters. The Labute approximate surface area is 113 Å². The minimum Gasteiger partial charge on any atom is -0.382 e. The van der Waals surface area contributed by atoms with Gasteiger partial charge in [-0.15, -0.1) is 0 Å². The quantitative estimate of drug-likeness (QED) is 0.509. The number of hydrogen-bond donors (Lipinski definition) is 1. The molecule has 0 saturated heterocycles. The number of ether oxygens (including phenoxy) is 1. The Balaban J connectivity index is 2.31. The Bertz CT molecular complexity index is 179. The van der Waals surface area contributed by atoms with E-state index in [0.717, 1.165) is 38.6 Å². The summed E-state index contributed by atoms with van der Waals surface area (Å²) in [5, 5.41) is 0. The second-order valence-corrected chi connectivity index (χ2v) is 5.37. The molecule has 1 fully saturated rings. The smallest absolute Gasteiger partial charge is 0.0478 e. The van der Waals surface area contributed by atoms with Crippen LogP contribution in [0.15, 0.2) is 0 Å². The molecule has 3 nitrogen and oxygen atoms in total. The molecule has 0 heterocycles. The monoisotopic (exact) mass is 256 g/mol. The Morgan fingerprint density at radius 2 is 1.72 bits per heavy atom. The van der Waals surface area contributed by atoms with Gasteiger partial charge in [0.1, 0.15) is 0 Å². The molecule has 0 amide bonds. The highest BCUT2D eigenvalue weighted by Crippen LogP contribution is 2.22. The maximum Gasteiger partial charge on any atom is 0.0478 e. The predicted molar refractivity (Wildman–Crippen MR) is 77.8 cm³/mol. The van der Waals surface area contributed by atoms with Crippen molar-refractivity contribution < 1.29 is 4.74 Å². The van der Waals surface area contributed by atoms with Crippen LogP contribution >= 0.6 is 0 Å². The van der Waals surface area contributed by atoms with Crippen LogP contribution in [0.5, 0.6) is 0 Å². The van der Waals surface area contributed by atoms with Crippen LogP contribution in [0, 0.1) is 0 Å². The molecule has 1 rings (SSSR count). The lowest BCUT2D eigenvalue weighted by Crippen LogP contribution is -2.37. The maximum atomic E-state index is 5.66. The zero-order valence-electron chi connectivity index (χ0n) is 12.2. The second-order valence-electron chi connectivity index (χ2n) is 5.37. The molecule has 1 aliphatic rings. The van der Waals surface area contributed by atoms with Gasteiger partial charge in [0.05, 0.1) is 0 Å². The Hall–Kier alpha value is -0.120. The first kappa shape index (κ1) is 15.9. The fraction of sp³-hybridized carbons (Fsp3) is 1.00. The van der Waals surface area contributed by atoms with Crippen LogP contribution in [0.2, 0.25) is 0 Å². The van der Waals surface area contributed by atoms with E-state index in [1.54, 1.807) is 0 Å². The summed E-state index contributed by atoms with van der Waals surface area (Å²) in [6, 6.07) is 0.806. The average Bonchev–Trinajstić information content (AvgIpc) is 2.67. The first-order valence-electron chi connectivity index (χ1n) is 7.90. The van der Waals surface area contributed by atoms with Crippen LogP contribution in [-0.4, -0.2) is 43.8 Å². The van der Waals surface area contributed by atoms with Crippen molar-refractivity contribution in [3.8, 4) is 0 Å². The van der Waals surface area contributed by atoms with Crippen molar-refractivity contribution in [2.75, 3.05) is 32.8 Å². The topological polar surface area (TPSA) is 38.5 Å². The lowest BCUT2D eigenvalue weighted by molar-refractivity contribution is 0.116. The van der Waals surface area contributed by atoms with Gasteiger partial charge in [-0.25, -0.2) is 0 Å². The summed E-state index contributed by atoms with van der Waals surface area (Å²) in [5.41, 5.74) is 5.66. The lowest BCUT2D eigenvalue weighted by atomic mass is 10.1. The molecule has 0 bridgehead atoms. The summed E-state index contributed by atoms with van der Waals surface area (Å²) < 4.78 is 5.45. The normalized spacial score (nSPS) is 18.2. The third kappa shape index (κ3) is 6.72. The highest BCUT2D eigenvalue weighted by molar-refractivity contribution is 4.75. The summed E-state index contributed by atoms with van der Waals surface area (Å²) in [6.45, 7) is 6.98. The van der Waals surface area contributed by atoms with E-state index < -0.39 is 0 Å². The standard InChI is InChI=1S/C15H32N2O/c1-2-18-14-8-13-17(12-7-11-16)15-9-5-3-4-6-10-15/h15H,2-14,16H2,1H3. The van der Waals surface area contributed by atoms with Crippen LogP contribution < -0.4 is 5.73 Å². The molecular weight excluding hydrogens is 224 g/mol. The Morgan fingerprint density at radius 1 is 1.06 bits per heavy atom. The predicted octanol–water partition coefficient (Wildman–Crippen LogP) is 2.79. The molecule has 0 aliphatic heterocycles. The molecule has 3 heteroatoms. The van der Waals surface area contributed by atoms with Gasteiger partial charge in [-0.1, -0.05) is 25.7 Å². The maximum absolute atomic E-state index is 5.66. The summed E-state index contributed by atoms with van der Waals surface area (Å²) in [5.74, 6) is 0. The molecule has 0 unspecified atom stereocenters. The van der Waals surface area contributed by atoms with E-state index in [-0.39, 0.29) is 0 Å². The first-order valence-corrected chi connectivity index (χ1v) is 7.90. The van der Waals surface area contributed by atoms with Gasteiger partial charge in [-0.05, 0) is 45.7 Å². The van der Waals surface area contributed by atoms with Crippen LogP contribution in [-0.2, 0) is 4.74 Å². The van der Waals surface area contributed by atoms with Gasteiger partial charge < -0.3 is 15.4 Å². The zero-order chi connectivity index (χ0) is 13.1. The van der Waals surface area contributed by atoms with Gasteiger partial charge in [0.25, 0.3) is 0 Å². The zero-order valence-corrected chi connectivity index (χ0v) is 12.2. The molecule has 2 N–H and O–H groups in total. The molecule has 1 aliphatic carbocycles. The van der Waals surface area contributed by atoms with E-state index in [0.29, 0.717) is 0 Å². The summed E-state index contributed by atoms with van der Waals surface area (Å²) in [4.78, 5) is 2.68. The van der Waals surface area contributed by atoms with Crippen LogP contribution in [0.1, 0.15) is 58.3 Å². The van der Waals surface area contributed by atoms with Gasteiger partial charge in [-0.2, -0.15) is 0 Å². The van der Waals surface area contributed by atoms with E-state index >= 15 is 0 Å². The van der Waals surface area contributed by atoms with Crippen LogP contribution in [0.25, 0.3) is 0 Å². The minimum absolute atomic E-state index is 0.806. The van der Waals surface area contributed by atoms with Crippen molar-refractivity contribution in [3.05, 3.63) is 0 Å². The Kier molecular flexibility index (Phi) is 9.54. The fourth-order valence-electron chi connectivity index (χ4n) is 2.91. The van der Waals surface area contributed by atoms with Crippen molar-refractivity contribution in [1.82, 2.24) is 4.90 Å². The minimum atomic E-state index is 0.806. The molecule has 18 heavy (non-hydrogen) atoms. The molecule has 0 spiro atoms. The largest absolute Gasteiger partial charge is 0.382 e. The van der Waals surface area contributed by atoms with Gasteiger partial charge in [0.2, 0.25) is 0 Å². The number of nitrogens with zero attached hydrogens (tertiary/aromatic N) is 1. The van der Waals surface area contributed by atoms with Crippen molar-refractivity contribution in [2.45, 2.75) is 64.3 Å². The first-order chi connectivity index (χ1) is 8.88. The highest BCUT2D eigenvalue weighted by atomic mass is 16.5. The summed E-state index contributed by atoms with van der Waals surface area (Å²) in [7, 11) is 0. The molecule has 0 aromatic heterocycles. The third-order valence-electron chi connectivity index (χ3n) is 3.93. The van der Waals surface area contributed by atoms with Crippen LogP contribution in [0.3, 0.4) is 0 Å². The number of rotatable bonds is 9. The molecule has 0 aromatic rings. The number of nitrogens with two attached hydrogens (primary N) is 1. The lowest BCUT2D eigenvalue weighted by Gasteiger charge is -2.31. The number of hydrogen-bond acceptors (Lipinski definition) is 3. The van der Waals surface area contributed by atoms with E-state index in [1.165, 1.54) is 51.6 Å². The van der Waals surface area contributed by atoms with Crippen molar-refractivity contribution >= 4 is 0 Å². The van der Waals surface area contributed by atoms with E-state index in [2.05, 4.69) is 11.8 Å². The van der Waals surface area contributed by atoms with Gasteiger partial charge >= 0.3 is 0 Å². The van der Waals surface area contributed by atoms with Crippen molar-refractivity contribution in [1.29, 1.82) is 0 Å². The molecule has 108 valence electrons. The van der Waals surface area contributed by atoms with Gasteiger partial charge in [-0.3, -0.25) is 0 Å². The molecule has 1 saturated carbocycles. The van der Waals surface area contributed by atoms with Crippen molar-refractivity contribution in [2.24, 2.45) is 5.73 Å². The van der Waals surface area contributed by atoms with Crippen LogP contribution in [0.4, 0.5) is 0 Å². The van der Waals surface area contributed by atoms with Gasteiger partial charge in [0, 0.05) is 25.8 Å². The van der Waals surface area contributed by atoms with E-state index in [9.17, 15) is 0 Å². The Morgan fingerprint density at radius 3 is 2.33 bits per heavy atom. The van der Waals surface area contributed by atoms with E-state index in [4.69, 9.17) is 10.5 Å². The second kappa shape index (κ2) is 10.8. The van der Waals surface area contributed by atoms with E-state index in [1.807, 2.05) is 0 Å².